The van der Waals surface area contributed by atoms with E-state index in [-0.39, 0.29) is 16.5 Å². The molecule has 1 amide bonds. The number of carbonyl (C=O) groups excluding carboxylic acids is 2. The van der Waals surface area contributed by atoms with Gasteiger partial charge in [-0.1, -0.05) is 30.4 Å². The normalized spacial score (nSPS) is 17.3. The van der Waals surface area contributed by atoms with Crippen molar-refractivity contribution in [1.82, 2.24) is 10.2 Å². The van der Waals surface area contributed by atoms with Crippen molar-refractivity contribution in [2.45, 2.75) is 33.2 Å². The SMILES string of the molecule is CCCOc1ccc(/C(O)=C2\C(=O)C(=O)N(c3nnc(C)s3)C2c2cccc(OCC)c2)cc1. The summed E-state index contributed by atoms with van der Waals surface area (Å²) in [7, 11) is 0. The number of hydrogen-bond acceptors (Lipinski definition) is 8. The van der Waals surface area contributed by atoms with E-state index in [1.54, 1.807) is 55.5 Å². The molecule has 1 aromatic heterocycles. The topological polar surface area (TPSA) is 102 Å². The molecule has 0 spiro atoms. The van der Waals surface area contributed by atoms with E-state index in [0.29, 0.717) is 40.8 Å². The molecule has 1 aliphatic heterocycles. The number of benzene rings is 2. The lowest BCUT2D eigenvalue weighted by Gasteiger charge is -2.23. The molecule has 0 radical (unpaired) electrons. The van der Waals surface area contributed by atoms with Gasteiger partial charge in [-0.3, -0.25) is 14.5 Å². The Morgan fingerprint density at radius 2 is 1.82 bits per heavy atom. The largest absolute Gasteiger partial charge is 0.507 e. The van der Waals surface area contributed by atoms with Gasteiger partial charge in [0.1, 0.15) is 22.3 Å². The van der Waals surface area contributed by atoms with E-state index in [1.165, 1.54) is 16.2 Å². The number of hydrogen-bond donors (Lipinski definition) is 1. The zero-order chi connectivity index (χ0) is 24.2. The molecular formula is C25H25N3O5S. The predicted molar refractivity (Wildman–Crippen MR) is 129 cm³/mol. The van der Waals surface area contributed by atoms with Crippen molar-refractivity contribution in [1.29, 1.82) is 0 Å². The maximum absolute atomic E-state index is 13.2. The van der Waals surface area contributed by atoms with Crippen LogP contribution in [-0.2, 0) is 9.59 Å². The van der Waals surface area contributed by atoms with Crippen molar-refractivity contribution in [2.24, 2.45) is 0 Å². The van der Waals surface area contributed by atoms with Crippen molar-refractivity contribution in [2.75, 3.05) is 18.1 Å². The van der Waals surface area contributed by atoms with Crippen LogP contribution in [0.2, 0.25) is 0 Å². The first-order valence-electron chi connectivity index (χ1n) is 11.0. The number of aromatic nitrogens is 2. The third kappa shape index (κ3) is 4.51. The molecule has 8 nitrogen and oxygen atoms in total. The highest BCUT2D eigenvalue weighted by molar-refractivity contribution is 7.15. The van der Waals surface area contributed by atoms with Crippen LogP contribution in [0.1, 0.15) is 42.4 Å². The molecule has 1 fully saturated rings. The maximum Gasteiger partial charge on any atom is 0.301 e. The standard InChI is InChI=1S/C25H25N3O5S/c1-4-13-33-18-11-9-16(10-12-18)22(29)20-21(17-7-6-8-19(14-17)32-5-2)28(24(31)23(20)30)25-27-26-15(3)34-25/h6-12,14,21,29H,4-5,13H2,1-3H3/b22-20+. The van der Waals surface area contributed by atoms with Crippen LogP contribution in [0.4, 0.5) is 5.13 Å². The van der Waals surface area contributed by atoms with Gasteiger partial charge < -0.3 is 14.6 Å². The van der Waals surface area contributed by atoms with Gasteiger partial charge in [0.25, 0.3) is 5.78 Å². The molecule has 1 atom stereocenters. The second-order valence-electron chi connectivity index (χ2n) is 7.65. The predicted octanol–water partition coefficient (Wildman–Crippen LogP) is 4.66. The quantitative estimate of drug-likeness (QED) is 0.285. The second-order valence-corrected chi connectivity index (χ2v) is 8.81. The first-order chi connectivity index (χ1) is 16.4. The van der Waals surface area contributed by atoms with E-state index >= 15 is 0 Å². The molecule has 0 aliphatic carbocycles. The number of ketones is 1. The van der Waals surface area contributed by atoms with E-state index in [2.05, 4.69) is 10.2 Å². The monoisotopic (exact) mass is 479 g/mol. The minimum Gasteiger partial charge on any atom is -0.507 e. The number of nitrogens with zero attached hydrogens (tertiary/aromatic N) is 3. The Morgan fingerprint density at radius 3 is 2.47 bits per heavy atom. The van der Waals surface area contributed by atoms with Gasteiger partial charge in [0.2, 0.25) is 5.13 Å². The summed E-state index contributed by atoms with van der Waals surface area (Å²) in [4.78, 5) is 27.6. The molecular weight excluding hydrogens is 454 g/mol. The van der Waals surface area contributed by atoms with Crippen LogP contribution in [0.3, 0.4) is 0 Å². The van der Waals surface area contributed by atoms with Crippen molar-refractivity contribution in [3.8, 4) is 11.5 Å². The molecule has 1 aliphatic rings. The Bertz CT molecular complexity index is 1240. The van der Waals surface area contributed by atoms with Crippen LogP contribution in [0.15, 0.2) is 54.1 Å². The number of carbonyl (C=O) groups is 2. The van der Waals surface area contributed by atoms with E-state index in [1.807, 2.05) is 13.8 Å². The van der Waals surface area contributed by atoms with Gasteiger partial charge in [-0.25, -0.2) is 0 Å². The van der Waals surface area contributed by atoms with Gasteiger partial charge in [-0.2, -0.15) is 0 Å². The molecule has 0 saturated carbocycles. The van der Waals surface area contributed by atoms with E-state index in [0.717, 1.165) is 6.42 Å². The third-order valence-corrected chi connectivity index (χ3v) is 6.09. The Hall–Kier alpha value is -3.72. The molecule has 1 unspecified atom stereocenters. The summed E-state index contributed by atoms with van der Waals surface area (Å²) in [5.41, 5.74) is 0.998. The summed E-state index contributed by atoms with van der Waals surface area (Å²) in [5, 5.41) is 20.3. The molecule has 34 heavy (non-hydrogen) atoms. The minimum absolute atomic E-state index is 0.0197. The molecule has 2 heterocycles. The van der Waals surface area contributed by atoms with Crippen molar-refractivity contribution >= 4 is 33.9 Å². The Labute approximate surface area is 201 Å². The summed E-state index contributed by atoms with van der Waals surface area (Å²) in [6.45, 7) is 6.69. The second kappa shape index (κ2) is 10.0. The van der Waals surface area contributed by atoms with E-state index < -0.39 is 17.7 Å². The first kappa shape index (κ1) is 23.4. The lowest BCUT2D eigenvalue weighted by molar-refractivity contribution is -0.132. The number of aryl methyl sites for hydroxylation is 1. The van der Waals surface area contributed by atoms with E-state index in [9.17, 15) is 14.7 Å². The van der Waals surface area contributed by atoms with Crippen molar-refractivity contribution in [3.05, 3.63) is 70.2 Å². The minimum atomic E-state index is -0.885. The first-order valence-corrected chi connectivity index (χ1v) is 11.8. The number of aliphatic hydroxyl groups is 1. The molecule has 1 saturated heterocycles. The van der Waals surface area contributed by atoms with Crippen LogP contribution in [0.5, 0.6) is 11.5 Å². The van der Waals surface area contributed by atoms with Gasteiger partial charge in [-0.15, -0.1) is 10.2 Å². The van der Waals surface area contributed by atoms with Gasteiger partial charge in [0.05, 0.1) is 24.8 Å². The molecule has 2 aromatic carbocycles. The number of aliphatic hydroxyl groups excluding tert-OH is 1. The number of rotatable bonds is 8. The molecule has 1 N–H and O–H groups in total. The highest BCUT2D eigenvalue weighted by Crippen LogP contribution is 2.43. The van der Waals surface area contributed by atoms with Crippen LogP contribution in [0, 0.1) is 6.92 Å². The van der Waals surface area contributed by atoms with Gasteiger partial charge in [0.15, 0.2) is 0 Å². The van der Waals surface area contributed by atoms with Crippen molar-refractivity contribution < 1.29 is 24.2 Å². The Morgan fingerprint density at radius 1 is 1.06 bits per heavy atom. The maximum atomic E-state index is 13.2. The summed E-state index contributed by atoms with van der Waals surface area (Å²) in [6.07, 6.45) is 0.872. The van der Waals surface area contributed by atoms with Crippen LogP contribution >= 0.6 is 11.3 Å². The fourth-order valence-corrected chi connectivity index (χ4v) is 4.47. The van der Waals surface area contributed by atoms with Crippen molar-refractivity contribution in [3.63, 3.8) is 0 Å². The molecule has 176 valence electrons. The third-order valence-electron chi connectivity index (χ3n) is 5.25. The van der Waals surface area contributed by atoms with Gasteiger partial charge in [0, 0.05) is 5.56 Å². The molecule has 4 rings (SSSR count). The Kier molecular flexibility index (Phi) is 6.93. The number of amides is 1. The highest BCUT2D eigenvalue weighted by atomic mass is 32.1. The van der Waals surface area contributed by atoms with Gasteiger partial charge in [-0.05, 0) is 62.2 Å². The van der Waals surface area contributed by atoms with Crippen LogP contribution in [0.25, 0.3) is 5.76 Å². The van der Waals surface area contributed by atoms with E-state index in [4.69, 9.17) is 9.47 Å². The lowest BCUT2D eigenvalue weighted by atomic mass is 9.95. The molecule has 0 bridgehead atoms. The average Bonchev–Trinajstić information content (AvgIpc) is 3.38. The number of Topliss-reactive ketones (excluding diaryl/α,β-unsaturated/α-hetero) is 1. The Balaban J connectivity index is 1.84. The smallest absolute Gasteiger partial charge is 0.301 e. The average molecular weight is 480 g/mol. The number of ether oxygens (including phenoxy) is 2. The van der Waals surface area contributed by atoms with Crippen LogP contribution in [-0.4, -0.2) is 40.2 Å². The zero-order valence-electron chi connectivity index (χ0n) is 19.1. The summed E-state index contributed by atoms with van der Waals surface area (Å²) in [6, 6.07) is 13.0. The number of anilines is 1. The van der Waals surface area contributed by atoms with Crippen LogP contribution < -0.4 is 14.4 Å². The lowest BCUT2D eigenvalue weighted by Crippen LogP contribution is -2.29. The summed E-state index contributed by atoms with van der Waals surface area (Å²) in [5.74, 6) is -0.576. The zero-order valence-corrected chi connectivity index (χ0v) is 20.0. The highest BCUT2D eigenvalue weighted by Gasteiger charge is 2.48. The van der Waals surface area contributed by atoms with Gasteiger partial charge >= 0.3 is 5.91 Å². The summed E-state index contributed by atoms with van der Waals surface area (Å²) < 4.78 is 11.2. The molecule has 9 heteroatoms. The fraction of sp³-hybridized carbons (Fsp3) is 0.280. The molecule has 3 aromatic rings. The fourth-order valence-electron chi connectivity index (χ4n) is 3.75. The summed E-state index contributed by atoms with van der Waals surface area (Å²) >= 11 is 1.20.